The number of alkyl halides is 3. The maximum Gasteiger partial charge on any atom is 0.419 e. The molecule has 8 heteroatoms. The largest absolute Gasteiger partial charge is 0.419 e. The van der Waals surface area contributed by atoms with Crippen molar-refractivity contribution in [3.8, 4) is 0 Å². The lowest BCUT2D eigenvalue weighted by Crippen LogP contribution is -2.28. The standard InChI is InChI=1S/C20H24F3N5/c21-20(22,23)16-11-26-19(28-17(16)9-13-3-1-4-13)27-15-6-2-5-14(10-15)18-12-24-7-8-25-18/h7-8,11-15H,1-6,9-10H2,(H,26,27,28). The minimum atomic E-state index is -4.42. The van der Waals surface area contributed by atoms with Crippen molar-refractivity contribution < 1.29 is 13.2 Å². The molecule has 2 unspecified atom stereocenters. The average Bonchev–Trinajstić information content (AvgIpc) is 2.65. The van der Waals surface area contributed by atoms with Gasteiger partial charge in [0.2, 0.25) is 5.95 Å². The monoisotopic (exact) mass is 391 g/mol. The van der Waals surface area contributed by atoms with Gasteiger partial charge in [0.15, 0.2) is 0 Å². The SMILES string of the molecule is FC(F)(F)c1cnc(NC2CCCC(c3cnccn3)C2)nc1CC1CCC1. The third-order valence-corrected chi connectivity index (χ3v) is 5.89. The Kier molecular flexibility index (Phi) is 5.46. The van der Waals surface area contributed by atoms with Gasteiger partial charge in [-0.25, -0.2) is 9.97 Å². The Morgan fingerprint density at radius 2 is 1.82 bits per heavy atom. The summed E-state index contributed by atoms with van der Waals surface area (Å²) in [5, 5.41) is 3.27. The van der Waals surface area contributed by atoms with Gasteiger partial charge in [0.1, 0.15) is 0 Å². The molecule has 0 spiro atoms. The first-order valence-electron chi connectivity index (χ1n) is 9.94. The van der Waals surface area contributed by atoms with Crippen LogP contribution in [0.25, 0.3) is 0 Å². The van der Waals surface area contributed by atoms with Gasteiger partial charge < -0.3 is 5.32 Å². The first-order chi connectivity index (χ1) is 13.5. The molecule has 2 aromatic rings. The predicted octanol–water partition coefficient (Wildman–Crippen LogP) is 4.77. The summed E-state index contributed by atoms with van der Waals surface area (Å²) in [6.45, 7) is 0. The van der Waals surface area contributed by atoms with Gasteiger partial charge in [0.05, 0.1) is 17.0 Å². The van der Waals surface area contributed by atoms with Crippen molar-refractivity contribution in [2.24, 2.45) is 5.92 Å². The highest BCUT2D eigenvalue weighted by Crippen LogP contribution is 2.37. The second kappa shape index (κ2) is 8.01. The fourth-order valence-corrected chi connectivity index (χ4v) is 4.14. The van der Waals surface area contributed by atoms with E-state index in [0.29, 0.717) is 24.2 Å². The maximum absolute atomic E-state index is 13.3. The van der Waals surface area contributed by atoms with Crippen molar-refractivity contribution in [1.29, 1.82) is 0 Å². The Bertz CT molecular complexity index is 792. The van der Waals surface area contributed by atoms with E-state index >= 15 is 0 Å². The Morgan fingerprint density at radius 1 is 1.00 bits per heavy atom. The maximum atomic E-state index is 13.3. The van der Waals surface area contributed by atoms with E-state index in [1.54, 1.807) is 18.6 Å². The Balaban J connectivity index is 1.48. The number of anilines is 1. The van der Waals surface area contributed by atoms with Crippen LogP contribution in [0, 0.1) is 5.92 Å². The minimum absolute atomic E-state index is 0.119. The molecular formula is C20H24F3N5. The van der Waals surface area contributed by atoms with Crippen LogP contribution in [0.1, 0.15) is 67.8 Å². The first-order valence-corrected chi connectivity index (χ1v) is 9.94. The lowest BCUT2D eigenvalue weighted by Gasteiger charge is -2.30. The van der Waals surface area contributed by atoms with Crippen LogP contribution in [-0.4, -0.2) is 26.0 Å². The fourth-order valence-electron chi connectivity index (χ4n) is 4.14. The molecule has 4 rings (SSSR count). The molecule has 0 bridgehead atoms. The van der Waals surface area contributed by atoms with Gasteiger partial charge >= 0.3 is 6.18 Å². The molecule has 2 atom stereocenters. The predicted molar refractivity (Wildman–Crippen MR) is 98.7 cm³/mol. The number of nitrogens with zero attached hydrogens (tertiary/aromatic N) is 4. The number of halogens is 3. The van der Waals surface area contributed by atoms with Crippen LogP contribution >= 0.6 is 0 Å². The number of nitrogens with one attached hydrogen (secondary N) is 1. The molecule has 1 N–H and O–H groups in total. The minimum Gasteiger partial charge on any atom is -0.351 e. The van der Waals surface area contributed by atoms with Crippen molar-refractivity contribution >= 4 is 5.95 Å². The molecule has 5 nitrogen and oxygen atoms in total. The topological polar surface area (TPSA) is 63.6 Å². The molecule has 2 fully saturated rings. The smallest absolute Gasteiger partial charge is 0.351 e. The van der Waals surface area contributed by atoms with E-state index in [-0.39, 0.29) is 11.7 Å². The molecular weight excluding hydrogens is 367 g/mol. The van der Waals surface area contributed by atoms with Crippen LogP contribution < -0.4 is 5.32 Å². The van der Waals surface area contributed by atoms with Crippen molar-refractivity contribution in [1.82, 2.24) is 19.9 Å². The molecule has 150 valence electrons. The number of aromatic nitrogens is 4. The highest BCUT2D eigenvalue weighted by atomic mass is 19.4. The molecule has 0 aromatic carbocycles. The molecule has 28 heavy (non-hydrogen) atoms. The highest BCUT2D eigenvalue weighted by molar-refractivity contribution is 5.33. The Labute approximate surface area is 162 Å². The van der Waals surface area contributed by atoms with Gasteiger partial charge in [-0.1, -0.05) is 25.7 Å². The van der Waals surface area contributed by atoms with Gasteiger partial charge in [0, 0.05) is 36.7 Å². The zero-order chi connectivity index (χ0) is 19.6. The number of hydrogen-bond donors (Lipinski definition) is 1. The third kappa shape index (κ3) is 4.42. The summed E-state index contributed by atoms with van der Waals surface area (Å²) in [6, 6.07) is 0.119. The van der Waals surface area contributed by atoms with Crippen molar-refractivity contribution in [2.45, 2.75) is 69.5 Å². The van der Waals surface area contributed by atoms with E-state index in [1.807, 2.05) is 0 Å². The van der Waals surface area contributed by atoms with Crippen molar-refractivity contribution in [3.63, 3.8) is 0 Å². The summed E-state index contributed by atoms with van der Waals surface area (Å²) in [5.74, 6) is 0.899. The fraction of sp³-hybridized carbons (Fsp3) is 0.600. The van der Waals surface area contributed by atoms with Gasteiger partial charge in [-0.05, 0) is 31.6 Å². The Hall–Kier alpha value is -2.25. The van der Waals surface area contributed by atoms with Crippen LogP contribution in [-0.2, 0) is 12.6 Å². The lowest BCUT2D eigenvalue weighted by molar-refractivity contribution is -0.138. The van der Waals surface area contributed by atoms with Crippen LogP contribution in [0.2, 0.25) is 0 Å². The lowest BCUT2D eigenvalue weighted by atomic mass is 9.81. The molecule has 0 saturated heterocycles. The molecule has 2 saturated carbocycles. The summed E-state index contributed by atoms with van der Waals surface area (Å²) < 4.78 is 40.0. The first kappa shape index (κ1) is 19.1. The molecule has 0 aliphatic heterocycles. The molecule has 2 aliphatic carbocycles. The van der Waals surface area contributed by atoms with Crippen LogP contribution in [0.4, 0.5) is 19.1 Å². The summed E-state index contributed by atoms with van der Waals surface area (Å²) in [7, 11) is 0. The third-order valence-electron chi connectivity index (χ3n) is 5.89. The second-order valence-electron chi connectivity index (χ2n) is 7.89. The Morgan fingerprint density at radius 3 is 2.50 bits per heavy atom. The molecule has 2 aliphatic rings. The van der Waals surface area contributed by atoms with Crippen molar-refractivity contribution in [3.05, 3.63) is 41.7 Å². The highest BCUT2D eigenvalue weighted by Gasteiger charge is 2.36. The van der Waals surface area contributed by atoms with Crippen molar-refractivity contribution in [2.75, 3.05) is 5.32 Å². The van der Waals surface area contributed by atoms with E-state index in [0.717, 1.165) is 56.8 Å². The summed E-state index contributed by atoms with van der Waals surface area (Å²) in [6.07, 6.45) is 8.93. The average molecular weight is 391 g/mol. The summed E-state index contributed by atoms with van der Waals surface area (Å²) in [5.41, 5.74) is 0.384. The van der Waals surface area contributed by atoms with Crippen LogP contribution in [0.5, 0.6) is 0 Å². The number of rotatable bonds is 5. The second-order valence-corrected chi connectivity index (χ2v) is 7.89. The molecule has 0 radical (unpaired) electrons. The zero-order valence-electron chi connectivity index (χ0n) is 15.6. The van der Waals surface area contributed by atoms with E-state index in [1.165, 1.54) is 0 Å². The number of hydrogen-bond acceptors (Lipinski definition) is 5. The van der Waals surface area contributed by atoms with E-state index in [9.17, 15) is 13.2 Å². The van der Waals surface area contributed by atoms with E-state index in [2.05, 4.69) is 25.3 Å². The van der Waals surface area contributed by atoms with Crippen LogP contribution in [0.15, 0.2) is 24.8 Å². The quantitative estimate of drug-likeness (QED) is 0.796. The summed E-state index contributed by atoms with van der Waals surface area (Å²) in [4.78, 5) is 16.8. The molecule has 0 amide bonds. The normalized spacial score (nSPS) is 23.2. The van der Waals surface area contributed by atoms with E-state index in [4.69, 9.17) is 0 Å². The van der Waals surface area contributed by atoms with Gasteiger partial charge in [-0.2, -0.15) is 13.2 Å². The molecule has 2 heterocycles. The van der Waals surface area contributed by atoms with E-state index < -0.39 is 11.7 Å². The van der Waals surface area contributed by atoms with Gasteiger partial charge in [0.25, 0.3) is 0 Å². The van der Waals surface area contributed by atoms with Crippen LogP contribution in [0.3, 0.4) is 0 Å². The van der Waals surface area contributed by atoms with Gasteiger partial charge in [-0.15, -0.1) is 0 Å². The van der Waals surface area contributed by atoms with Gasteiger partial charge in [-0.3, -0.25) is 9.97 Å². The molecule has 2 aromatic heterocycles. The zero-order valence-corrected chi connectivity index (χ0v) is 15.6. The summed E-state index contributed by atoms with van der Waals surface area (Å²) >= 11 is 0.